The minimum Gasteiger partial charge on any atom is -0.444 e. The standard InChI is InChI=1S/C37H48N4O4S/c1-27-21-31(27)26-41(25-29-17-13-10-14-18-29)34-23-30(22-33(38-34)40(6)46(7,8)44)32(42)19-20-37(5,24-28-15-11-9-12-16-28)39-35(43)45-36(2,3)4/h9-20,22-23,27,31H,7,21,24-26H2,1-6,8H3,(H,39,43)/b20-19+/t27?,31?,37-,46?/m0/s1. The SMILES string of the molecule is C=S(C)(=O)N(C)c1cc(C(=O)/C=C/[C@@](C)(Cc2ccccc2)NC(=O)OC(C)(C)C)cc(N(Cc2ccccc2)CC2CC2C)n1. The first-order valence-corrected chi connectivity index (χ1v) is 17.8. The van der Waals surface area contributed by atoms with E-state index in [1.807, 2.05) is 76.2 Å². The lowest BCUT2D eigenvalue weighted by atomic mass is 9.91. The molecule has 1 amide bonds. The van der Waals surface area contributed by atoms with Crippen LogP contribution >= 0.6 is 0 Å². The van der Waals surface area contributed by atoms with Crippen molar-refractivity contribution >= 4 is 39.1 Å². The van der Waals surface area contributed by atoms with Crippen molar-refractivity contribution in [2.75, 3.05) is 29.1 Å². The summed E-state index contributed by atoms with van der Waals surface area (Å²) < 4.78 is 20.1. The van der Waals surface area contributed by atoms with Gasteiger partial charge >= 0.3 is 6.09 Å². The van der Waals surface area contributed by atoms with Gasteiger partial charge in [-0.2, -0.15) is 0 Å². The van der Waals surface area contributed by atoms with Crippen molar-refractivity contribution in [2.45, 2.75) is 65.1 Å². The Balaban J connectivity index is 1.71. The zero-order valence-corrected chi connectivity index (χ0v) is 29.0. The predicted octanol–water partition coefficient (Wildman–Crippen LogP) is 6.71. The van der Waals surface area contributed by atoms with E-state index in [2.05, 4.69) is 35.1 Å². The Labute approximate surface area is 275 Å². The van der Waals surface area contributed by atoms with Crippen LogP contribution in [0.1, 0.15) is 62.5 Å². The van der Waals surface area contributed by atoms with Crippen molar-refractivity contribution in [1.29, 1.82) is 0 Å². The van der Waals surface area contributed by atoms with E-state index in [0.29, 0.717) is 42.0 Å². The van der Waals surface area contributed by atoms with Crippen LogP contribution in [-0.4, -0.2) is 57.9 Å². The number of allylic oxidation sites excluding steroid dienone is 1. The average Bonchev–Trinajstić information content (AvgIpc) is 3.68. The molecule has 3 aromatic rings. The van der Waals surface area contributed by atoms with Gasteiger partial charge in [0.25, 0.3) is 0 Å². The molecule has 1 saturated carbocycles. The quantitative estimate of drug-likeness (QED) is 0.126. The maximum Gasteiger partial charge on any atom is 0.408 e. The summed E-state index contributed by atoms with van der Waals surface area (Å²) in [5.74, 6) is 5.77. The molecular weight excluding hydrogens is 596 g/mol. The Kier molecular flexibility index (Phi) is 10.7. The van der Waals surface area contributed by atoms with Gasteiger partial charge in [0.2, 0.25) is 0 Å². The Hall–Kier alpha value is -4.11. The van der Waals surface area contributed by atoms with Crippen molar-refractivity contribution in [1.82, 2.24) is 10.3 Å². The number of aromatic nitrogens is 1. The lowest BCUT2D eigenvalue weighted by molar-refractivity contribution is 0.0483. The number of hydrogen-bond donors (Lipinski definition) is 1. The number of nitrogens with one attached hydrogen (secondary N) is 1. The first kappa shape index (κ1) is 34.8. The molecule has 0 saturated heterocycles. The highest BCUT2D eigenvalue weighted by atomic mass is 32.2. The molecule has 1 fully saturated rings. The van der Waals surface area contributed by atoms with Gasteiger partial charge in [0.1, 0.15) is 17.2 Å². The van der Waals surface area contributed by atoms with Crippen molar-refractivity contribution in [3.63, 3.8) is 0 Å². The Morgan fingerprint density at radius 3 is 2.13 bits per heavy atom. The number of carbonyl (C=O) groups is 2. The van der Waals surface area contributed by atoms with E-state index in [1.165, 1.54) is 10.4 Å². The third-order valence-electron chi connectivity index (χ3n) is 8.06. The largest absolute Gasteiger partial charge is 0.444 e. The van der Waals surface area contributed by atoms with Gasteiger partial charge in [-0.3, -0.25) is 9.10 Å². The molecule has 0 bridgehead atoms. The van der Waals surface area contributed by atoms with Crippen LogP contribution in [0.5, 0.6) is 0 Å². The second kappa shape index (κ2) is 14.1. The van der Waals surface area contributed by atoms with Gasteiger partial charge in [0.15, 0.2) is 5.78 Å². The minimum absolute atomic E-state index is 0.269. The fourth-order valence-corrected chi connectivity index (χ4v) is 5.69. The van der Waals surface area contributed by atoms with Gasteiger partial charge in [0, 0.05) is 41.7 Å². The molecule has 0 radical (unpaired) electrons. The molecule has 1 N–H and O–H groups in total. The van der Waals surface area contributed by atoms with Crippen LogP contribution in [0.15, 0.2) is 84.9 Å². The number of alkyl carbamates (subject to hydrolysis) is 1. The number of nitrogens with zero attached hydrogens (tertiary/aromatic N) is 3. The number of hydrogen-bond acceptors (Lipinski definition) is 6. The van der Waals surface area contributed by atoms with E-state index in [1.54, 1.807) is 31.5 Å². The second-order valence-corrected chi connectivity index (χ2v) is 16.2. The maximum absolute atomic E-state index is 13.9. The molecule has 246 valence electrons. The van der Waals surface area contributed by atoms with Gasteiger partial charge in [0.05, 0.1) is 5.54 Å². The fraction of sp³-hybridized carbons (Fsp3) is 0.405. The van der Waals surface area contributed by atoms with Gasteiger partial charge in [-0.15, -0.1) is 0 Å². The number of benzene rings is 2. The molecule has 9 heteroatoms. The summed E-state index contributed by atoms with van der Waals surface area (Å²) in [6.45, 7) is 10.9. The average molecular weight is 645 g/mol. The number of pyridine rings is 1. The van der Waals surface area contributed by atoms with Crippen molar-refractivity contribution in [3.8, 4) is 0 Å². The number of ether oxygens (including phenoxy) is 1. The number of ketones is 1. The third-order valence-corrected chi connectivity index (χ3v) is 9.40. The molecule has 1 aliphatic carbocycles. The Morgan fingerprint density at radius 2 is 1.59 bits per heavy atom. The van der Waals surface area contributed by atoms with Gasteiger partial charge in [-0.1, -0.05) is 73.7 Å². The minimum atomic E-state index is -2.66. The Bertz CT molecular complexity index is 1650. The molecule has 46 heavy (non-hydrogen) atoms. The molecule has 4 atom stereocenters. The van der Waals surface area contributed by atoms with Crippen LogP contribution in [0.2, 0.25) is 0 Å². The smallest absolute Gasteiger partial charge is 0.408 e. The van der Waals surface area contributed by atoms with E-state index in [9.17, 15) is 13.8 Å². The highest BCUT2D eigenvalue weighted by Gasteiger charge is 2.35. The molecule has 3 unspecified atom stereocenters. The highest BCUT2D eigenvalue weighted by Crippen LogP contribution is 2.39. The number of amides is 1. The van der Waals surface area contributed by atoms with Crippen LogP contribution in [-0.2, 0) is 27.4 Å². The lowest BCUT2D eigenvalue weighted by Crippen LogP contribution is -2.48. The molecule has 1 aromatic heterocycles. The third kappa shape index (κ3) is 10.2. The maximum atomic E-state index is 13.9. The van der Waals surface area contributed by atoms with Crippen LogP contribution in [0.3, 0.4) is 0 Å². The summed E-state index contributed by atoms with van der Waals surface area (Å²) in [6, 6.07) is 23.4. The Morgan fingerprint density at radius 1 is 1.02 bits per heavy atom. The van der Waals surface area contributed by atoms with Crippen LogP contribution in [0.25, 0.3) is 0 Å². The molecule has 2 aromatic carbocycles. The van der Waals surface area contributed by atoms with Crippen molar-refractivity contribution in [2.24, 2.45) is 11.8 Å². The van der Waals surface area contributed by atoms with E-state index in [0.717, 1.165) is 24.1 Å². The van der Waals surface area contributed by atoms with Crippen molar-refractivity contribution in [3.05, 3.63) is 102 Å². The summed E-state index contributed by atoms with van der Waals surface area (Å²) in [6.07, 6.45) is 5.77. The van der Waals surface area contributed by atoms with Crippen LogP contribution in [0.4, 0.5) is 16.4 Å². The lowest BCUT2D eigenvalue weighted by Gasteiger charge is -2.30. The molecule has 1 aliphatic rings. The topological polar surface area (TPSA) is 91.8 Å². The number of carbonyl (C=O) groups excluding carboxylic acids is 2. The molecular formula is C37H48N4O4S. The van der Waals surface area contributed by atoms with Crippen LogP contribution in [0, 0.1) is 11.8 Å². The van der Waals surface area contributed by atoms with Gasteiger partial charge < -0.3 is 15.0 Å². The second-order valence-electron chi connectivity index (χ2n) is 13.8. The van der Waals surface area contributed by atoms with E-state index in [4.69, 9.17) is 9.72 Å². The summed E-state index contributed by atoms with van der Waals surface area (Å²) in [5, 5.41) is 2.97. The normalized spacial score (nSPS) is 18.7. The van der Waals surface area contributed by atoms with Gasteiger partial charge in [-0.05, 0) is 87.6 Å². The summed E-state index contributed by atoms with van der Waals surface area (Å²) in [4.78, 5) is 33.9. The predicted molar refractivity (Wildman–Crippen MR) is 190 cm³/mol. The monoisotopic (exact) mass is 644 g/mol. The summed E-state index contributed by atoms with van der Waals surface area (Å²) >= 11 is 0. The molecule has 1 heterocycles. The molecule has 0 spiro atoms. The van der Waals surface area contributed by atoms with Crippen LogP contribution < -0.4 is 14.5 Å². The zero-order chi connectivity index (χ0) is 33.7. The number of rotatable bonds is 13. The van der Waals surface area contributed by atoms with Crippen molar-refractivity contribution < 1.29 is 18.5 Å². The zero-order valence-electron chi connectivity index (χ0n) is 28.2. The fourth-order valence-electron chi connectivity index (χ4n) is 5.20. The molecule has 0 aliphatic heterocycles. The highest BCUT2D eigenvalue weighted by molar-refractivity contribution is 8.00. The summed E-state index contributed by atoms with van der Waals surface area (Å²) in [7, 11) is -0.978. The molecule has 8 nitrogen and oxygen atoms in total. The van der Waals surface area contributed by atoms with E-state index in [-0.39, 0.29) is 5.78 Å². The van der Waals surface area contributed by atoms with Gasteiger partial charge in [-0.25, -0.2) is 14.0 Å². The first-order chi connectivity index (χ1) is 21.5. The van der Waals surface area contributed by atoms with E-state index < -0.39 is 26.9 Å². The summed E-state index contributed by atoms with van der Waals surface area (Å²) in [5.41, 5.74) is 0.913. The first-order valence-electron chi connectivity index (χ1n) is 15.7. The molecule has 4 rings (SSSR count). The van der Waals surface area contributed by atoms with E-state index >= 15 is 0 Å². The number of anilines is 2.